The molecule has 14 heteroatoms. The summed E-state index contributed by atoms with van der Waals surface area (Å²) < 4.78 is 128. The highest BCUT2D eigenvalue weighted by atomic mass is 32.2. The molecule has 0 rings (SSSR count). The molecule has 110 valence electrons. The molecule has 3 N–H and O–H groups in total. The molecule has 0 atom stereocenters. The summed E-state index contributed by atoms with van der Waals surface area (Å²) in [5.41, 5.74) is 0. The van der Waals surface area contributed by atoms with Crippen LogP contribution in [-0.2, 0) is 10.2 Å². The maximum Gasteiger partial charge on any atom is 0.460 e. The number of hydrogen-bond donors (Lipinski definition) is 2. The first-order chi connectivity index (χ1) is 7.46. The van der Waals surface area contributed by atoms with Crippen LogP contribution in [-0.4, -0.2) is 32.5 Å². The van der Waals surface area contributed by atoms with Crippen molar-refractivity contribution in [3.8, 4) is 0 Å². The highest BCUT2D eigenvalue weighted by Crippen LogP contribution is 2.52. The van der Waals surface area contributed by atoms with Crippen LogP contribution in [0.4, 0.5) is 39.5 Å². The average Bonchev–Trinajstić information content (AvgIpc) is 1.95. The molecular weight excluding hydrogens is 311 g/mol. The van der Waals surface area contributed by atoms with Gasteiger partial charge in [-0.2, -0.15) is 47.9 Å². The highest BCUT2D eigenvalue weighted by Gasteiger charge is 2.82. The van der Waals surface area contributed by atoms with Gasteiger partial charge in [0.2, 0.25) is 0 Å². The van der Waals surface area contributed by atoms with Crippen LogP contribution < -0.4 is 9.86 Å². The molecule has 0 saturated heterocycles. The lowest BCUT2D eigenvalue weighted by Gasteiger charge is -2.33. The molecular formula is C4H3F9N2O2S. The van der Waals surface area contributed by atoms with Gasteiger partial charge in [-0.3, -0.25) is 0 Å². The summed E-state index contributed by atoms with van der Waals surface area (Å²) in [6.07, 6.45) is -7.03. The maximum atomic E-state index is 12.4. The third-order valence-corrected chi connectivity index (χ3v) is 1.96. The standard InChI is InChI=1S/C4H3F9N2O2S/c5-1(6,3(9,10)11)2(7,8)4(12,13)15-18(14,16)17/h15H,(H2,14,16,17). The van der Waals surface area contributed by atoms with Crippen molar-refractivity contribution in [2.45, 2.75) is 24.1 Å². The second-order valence-electron chi connectivity index (χ2n) is 2.87. The third-order valence-electron chi connectivity index (χ3n) is 1.42. The average molecular weight is 314 g/mol. The number of nitrogens with one attached hydrogen (secondary N) is 1. The number of rotatable bonds is 4. The lowest BCUT2D eigenvalue weighted by atomic mass is 10.1. The van der Waals surface area contributed by atoms with E-state index in [0.717, 1.165) is 0 Å². The minimum atomic E-state index is -7.18. The van der Waals surface area contributed by atoms with E-state index < -0.39 is 39.0 Å². The fourth-order valence-electron chi connectivity index (χ4n) is 0.618. The van der Waals surface area contributed by atoms with Crippen LogP contribution >= 0.6 is 0 Å². The van der Waals surface area contributed by atoms with E-state index >= 15 is 0 Å². The summed E-state index contributed by atoms with van der Waals surface area (Å²) in [5, 5.41) is 3.79. The molecule has 0 aromatic heterocycles. The largest absolute Gasteiger partial charge is 0.460 e. The molecule has 0 aliphatic heterocycles. The van der Waals surface area contributed by atoms with E-state index in [1.807, 2.05) is 0 Å². The zero-order valence-electron chi connectivity index (χ0n) is 7.70. The Kier molecular flexibility index (Phi) is 3.95. The highest BCUT2D eigenvalue weighted by molar-refractivity contribution is 7.87. The Balaban J connectivity index is 5.64. The topological polar surface area (TPSA) is 72.2 Å². The van der Waals surface area contributed by atoms with Crippen molar-refractivity contribution in [2.75, 3.05) is 0 Å². The van der Waals surface area contributed by atoms with Gasteiger partial charge in [-0.1, -0.05) is 0 Å². The molecule has 0 fully saturated rings. The summed E-state index contributed by atoms with van der Waals surface area (Å²) in [5.74, 6) is -14.3. The van der Waals surface area contributed by atoms with Gasteiger partial charge in [0.25, 0.3) is 10.2 Å². The minimum Gasteiger partial charge on any atom is -0.216 e. The van der Waals surface area contributed by atoms with Crippen LogP contribution in [0.5, 0.6) is 0 Å². The SMILES string of the molecule is NS(=O)(=O)NC(F)(F)C(F)(F)C(F)(F)C(F)(F)F. The minimum absolute atomic E-state index is 0.499. The first-order valence-corrected chi connectivity index (χ1v) is 5.02. The second-order valence-corrected chi connectivity index (χ2v) is 4.16. The van der Waals surface area contributed by atoms with Gasteiger partial charge in [-0.25, -0.2) is 5.14 Å². The van der Waals surface area contributed by atoms with Crippen LogP contribution in [0.25, 0.3) is 0 Å². The van der Waals surface area contributed by atoms with Crippen LogP contribution in [0.3, 0.4) is 0 Å². The van der Waals surface area contributed by atoms with Gasteiger partial charge in [0.1, 0.15) is 0 Å². The van der Waals surface area contributed by atoms with E-state index in [-0.39, 0.29) is 0 Å². The van der Waals surface area contributed by atoms with Gasteiger partial charge < -0.3 is 0 Å². The first-order valence-electron chi connectivity index (χ1n) is 3.47. The first kappa shape index (κ1) is 17.2. The predicted molar refractivity (Wildman–Crippen MR) is 37.1 cm³/mol. The van der Waals surface area contributed by atoms with E-state index in [4.69, 9.17) is 0 Å². The van der Waals surface area contributed by atoms with Crippen molar-refractivity contribution in [3.05, 3.63) is 0 Å². The van der Waals surface area contributed by atoms with E-state index in [1.54, 1.807) is 0 Å². The molecule has 0 aliphatic rings. The smallest absolute Gasteiger partial charge is 0.216 e. The molecule has 0 aromatic carbocycles. The molecule has 0 aliphatic carbocycles. The fraction of sp³-hybridized carbons (Fsp3) is 1.00. The Morgan fingerprint density at radius 3 is 1.33 bits per heavy atom. The van der Waals surface area contributed by atoms with Crippen LogP contribution in [0.15, 0.2) is 0 Å². The predicted octanol–water partition coefficient (Wildman–Crippen LogP) is 1.21. The lowest BCUT2D eigenvalue weighted by Crippen LogP contribution is -2.66. The summed E-state index contributed by atoms with van der Waals surface area (Å²) >= 11 is 0. The Bertz CT molecular complexity index is 413. The Morgan fingerprint density at radius 2 is 1.11 bits per heavy atom. The summed E-state index contributed by atoms with van der Waals surface area (Å²) in [6, 6.07) is -6.44. The quantitative estimate of drug-likeness (QED) is 0.605. The summed E-state index contributed by atoms with van der Waals surface area (Å²) in [7, 11) is -5.65. The van der Waals surface area contributed by atoms with Crippen LogP contribution in [0.2, 0.25) is 0 Å². The molecule has 0 spiro atoms. The van der Waals surface area contributed by atoms with Crippen molar-refractivity contribution in [1.82, 2.24) is 4.72 Å². The van der Waals surface area contributed by atoms with Crippen LogP contribution in [0, 0.1) is 0 Å². The molecule has 0 radical (unpaired) electrons. The number of halogens is 9. The van der Waals surface area contributed by atoms with Crippen molar-refractivity contribution in [1.29, 1.82) is 0 Å². The maximum absolute atomic E-state index is 12.4. The zero-order chi connectivity index (χ0) is 15.2. The molecule has 0 saturated carbocycles. The van der Waals surface area contributed by atoms with Gasteiger partial charge in [-0.05, 0) is 0 Å². The van der Waals surface area contributed by atoms with E-state index in [2.05, 4.69) is 5.14 Å². The van der Waals surface area contributed by atoms with E-state index in [1.165, 1.54) is 0 Å². The fourth-order valence-corrected chi connectivity index (χ4v) is 1.10. The lowest BCUT2D eigenvalue weighted by molar-refractivity contribution is -0.397. The Hall–Kier alpha value is -0.760. The van der Waals surface area contributed by atoms with Gasteiger partial charge in [0, 0.05) is 0 Å². The Labute approximate surface area is 93.1 Å². The second kappa shape index (κ2) is 4.12. The number of hydrogen-bond acceptors (Lipinski definition) is 2. The van der Waals surface area contributed by atoms with Gasteiger partial charge >= 0.3 is 24.1 Å². The van der Waals surface area contributed by atoms with Crippen molar-refractivity contribution < 1.29 is 47.9 Å². The van der Waals surface area contributed by atoms with E-state index in [9.17, 15) is 47.9 Å². The molecule has 0 amide bonds. The van der Waals surface area contributed by atoms with Gasteiger partial charge in [-0.15, -0.1) is 4.72 Å². The zero-order valence-corrected chi connectivity index (χ0v) is 8.52. The molecule has 0 bridgehead atoms. The monoisotopic (exact) mass is 314 g/mol. The molecule has 4 nitrogen and oxygen atoms in total. The van der Waals surface area contributed by atoms with Crippen molar-refractivity contribution in [3.63, 3.8) is 0 Å². The normalized spacial score (nSPS) is 15.9. The molecule has 0 unspecified atom stereocenters. The van der Waals surface area contributed by atoms with Crippen molar-refractivity contribution >= 4 is 10.2 Å². The Morgan fingerprint density at radius 1 is 0.778 bits per heavy atom. The number of nitrogens with two attached hydrogens (primary N) is 1. The van der Waals surface area contributed by atoms with Gasteiger partial charge in [0.05, 0.1) is 0 Å². The van der Waals surface area contributed by atoms with E-state index in [0.29, 0.717) is 0 Å². The van der Waals surface area contributed by atoms with Crippen molar-refractivity contribution in [2.24, 2.45) is 5.14 Å². The molecule has 0 aromatic rings. The summed E-state index contributed by atoms with van der Waals surface area (Å²) in [6.45, 7) is 0. The van der Waals surface area contributed by atoms with Crippen LogP contribution in [0.1, 0.15) is 0 Å². The summed E-state index contributed by atoms with van der Waals surface area (Å²) in [4.78, 5) is 0. The van der Waals surface area contributed by atoms with Gasteiger partial charge in [0.15, 0.2) is 0 Å². The third kappa shape index (κ3) is 2.97. The number of alkyl halides is 9. The molecule has 18 heavy (non-hydrogen) atoms. The molecule has 0 heterocycles.